The molecule has 2 atom stereocenters. The highest BCUT2D eigenvalue weighted by molar-refractivity contribution is 6.24. The lowest BCUT2D eigenvalue weighted by molar-refractivity contribution is -0.116. The molecule has 2 heterocycles. The van der Waals surface area contributed by atoms with Crippen molar-refractivity contribution in [2.75, 3.05) is 11.5 Å². The van der Waals surface area contributed by atoms with Crippen molar-refractivity contribution in [3.63, 3.8) is 0 Å². The van der Waals surface area contributed by atoms with E-state index in [4.69, 9.17) is 11.5 Å². The maximum Gasteiger partial charge on any atom is 0.170 e. The number of carbonyl (C=O) groups is 1. The normalized spacial score (nSPS) is 19.8. The van der Waals surface area contributed by atoms with Gasteiger partial charge in [-0.05, 0) is 79.5 Å². The first-order valence-electron chi connectivity index (χ1n) is 12.9. The van der Waals surface area contributed by atoms with Gasteiger partial charge in [0.25, 0.3) is 0 Å². The number of phenolic OH excluding ortho intramolecular Hbond substituents is 1. The van der Waals surface area contributed by atoms with Crippen molar-refractivity contribution in [3.8, 4) is 5.75 Å². The summed E-state index contributed by atoms with van der Waals surface area (Å²) >= 11 is 0. The number of rotatable bonds is 6. The van der Waals surface area contributed by atoms with E-state index in [9.17, 15) is 9.90 Å². The van der Waals surface area contributed by atoms with Gasteiger partial charge in [0, 0.05) is 40.7 Å². The maximum atomic E-state index is 13.8. The molecule has 188 valence electrons. The van der Waals surface area contributed by atoms with E-state index in [1.165, 1.54) is 22.1 Å². The molecule has 4 aromatic rings. The van der Waals surface area contributed by atoms with E-state index in [1.54, 1.807) is 28.9 Å². The first kappa shape index (κ1) is 23.2. The molecule has 0 spiro atoms. The molecule has 2 aliphatic rings. The third kappa shape index (κ3) is 4.42. The van der Waals surface area contributed by atoms with Crippen molar-refractivity contribution in [1.29, 1.82) is 0 Å². The summed E-state index contributed by atoms with van der Waals surface area (Å²) in [6.07, 6.45) is 8.29. The molecule has 1 unspecified atom stereocenters. The van der Waals surface area contributed by atoms with Gasteiger partial charge in [0.1, 0.15) is 17.4 Å². The van der Waals surface area contributed by atoms with Crippen molar-refractivity contribution in [2.24, 2.45) is 11.8 Å². The van der Waals surface area contributed by atoms with Crippen LogP contribution in [0.4, 0.5) is 11.6 Å². The van der Waals surface area contributed by atoms with Crippen molar-refractivity contribution >= 4 is 33.9 Å². The van der Waals surface area contributed by atoms with Gasteiger partial charge in [0.15, 0.2) is 5.78 Å². The molecule has 2 aromatic heterocycles. The van der Waals surface area contributed by atoms with Crippen LogP contribution in [0.2, 0.25) is 0 Å². The number of para-hydroxylation sites is 1. The number of anilines is 2. The number of nitrogens with one attached hydrogen (secondary N) is 1. The summed E-state index contributed by atoms with van der Waals surface area (Å²) in [6, 6.07) is 17.0. The van der Waals surface area contributed by atoms with Crippen LogP contribution < -0.4 is 11.5 Å². The predicted molar refractivity (Wildman–Crippen MR) is 147 cm³/mol. The second-order valence-corrected chi connectivity index (χ2v) is 10.2. The van der Waals surface area contributed by atoms with Crippen molar-refractivity contribution in [1.82, 2.24) is 14.8 Å². The number of aryl methyl sites for hydroxylation is 1. The second kappa shape index (κ2) is 9.32. The number of aromatic hydroxyl groups is 1. The molecular formula is C30H31N5O2. The fourth-order valence-corrected chi connectivity index (χ4v) is 6.08. The van der Waals surface area contributed by atoms with Crippen LogP contribution in [0.25, 0.3) is 16.5 Å². The number of allylic oxidation sites excluding steroid dienone is 4. The number of aromatic nitrogens is 3. The maximum absolute atomic E-state index is 13.8. The summed E-state index contributed by atoms with van der Waals surface area (Å²) in [4.78, 5) is 17.1. The van der Waals surface area contributed by atoms with Crippen LogP contribution in [0.1, 0.15) is 36.8 Å². The summed E-state index contributed by atoms with van der Waals surface area (Å²) in [7, 11) is 0. The Hall–Kier alpha value is -4.26. The lowest BCUT2D eigenvalue weighted by Gasteiger charge is -2.34. The summed E-state index contributed by atoms with van der Waals surface area (Å²) < 4.78 is 1.81. The number of hydrogen-bond donors (Lipinski definition) is 4. The Labute approximate surface area is 215 Å². The van der Waals surface area contributed by atoms with E-state index in [1.807, 2.05) is 18.3 Å². The van der Waals surface area contributed by atoms with Crippen molar-refractivity contribution in [3.05, 3.63) is 89.1 Å². The summed E-state index contributed by atoms with van der Waals surface area (Å²) in [5.41, 5.74) is 18.4. The molecule has 0 aliphatic heterocycles. The quantitative estimate of drug-likeness (QED) is 0.292. The van der Waals surface area contributed by atoms with Crippen molar-refractivity contribution < 1.29 is 9.90 Å². The number of H-pyrrole nitrogens is 1. The molecule has 0 radical (unpaired) electrons. The van der Waals surface area contributed by atoms with Crippen LogP contribution in [0.5, 0.6) is 5.75 Å². The number of benzene rings is 2. The topological polar surface area (TPSA) is 123 Å². The van der Waals surface area contributed by atoms with E-state index in [0.29, 0.717) is 30.3 Å². The van der Waals surface area contributed by atoms with Gasteiger partial charge in [-0.25, -0.2) is 0 Å². The first-order chi connectivity index (χ1) is 18.0. The highest BCUT2D eigenvalue weighted by atomic mass is 16.3. The highest BCUT2D eigenvalue weighted by Crippen LogP contribution is 2.44. The number of fused-ring (bicyclic) bond motifs is 1. The number of hydrogen-bond acceptors (Lipinski definition) is 5. The molecule has 0 saturated carbocycles. The molecule has 2 aromatic carbocycles. The molecule has 7 nitrogen and oxygen atoms in total. The Kier molecular flexibility index (Phi) is 5.83. The fourth-order valence-electron chi connectivity index (χ4n) is 6.08. The van der Waals surface area contributed by atoms with Gasteiger partial charge in [-0.1, -0.05) is 35.9 Å². The van der Waals surface area contributed by atoms with Crippen LogP contribution in [0, 0.1) is 11.8 Å². The third-order valence-electron chi connectivity index (χ3n) is 7.87. The zero-order chi connectivity index (χ0) is 25.5. The van der Waals surface area contributed by atoms with Crippen molar-refractivity contribution in [2.45, 2.75) is 38.6 Å². The van der Waals surface area contributed by atoms with Gasteiger partial charge in [0.2, 0.25) is 0 Å². The number of phenols is 1. The molecule has 7 heteroatoms. The minimum absolute atomic E-state index is 0.115. The van der Waals surface area contributed by atoms with E-state index in [-0.39, 0.29) is 17.5 Å². The van der Waals surface area contributed by atoms with Gasteiger partial charge in [0.05, 0.1) is 0 Å². The highest BCUT2D eigenvalue weighted by Gasteiger charge is 2.35. The summed E-state index contributed by atoms with van der Waals surface area (Å²) in [6.45, 7) is 0.618. The average Bonchev–Trinajstić information content (AvgIpc) is 3.45. The van der Waals surface area contributed by atoms with E-state index < -0.39 is 0 Å². The second-order valence-electron chi connectivity index (χ2n) is 10.2. The molecule has 0 saturated heterocycles. The van der Waals surface area contributed by atoms with Gasteiger partial charge in [-0.2, -0.15) is 5.10 Å². The van der Waals surface area contributed by atoms with Gasteiger partial charge < -0.3 is 21.6 Å². The largest absolute Gasteiger partial charge is 0.508 e. The minimum Gasteiger partial charge on any atom is -0.508 e. The molecule has 0 amide bonds. The van der Waals surface area contributed by atoms with Crippen LogP contribution in [-0.4, -0.2) is 25.7 Å². The Bertz CT molecular complexity index is 1560. The Morgan fingerprint density at radius 3 is 2.78 bits per heavy atom. The first-order valence-corrected chi connectivity index (χ1v) is 12.9. The van der Waals surface area contributed by atoms with Gasteiger partial charge in [-0.15, -0.1) is 0 Å². The fraction of sp³-hybridized carbons (Fsp3) is 0.267. The number of Topliss-reactive ketones (excluding diaryl/α,β-unsaturated/α-hetero) is 1. The Morgan fingerprint density at radius 2 is 1.97 bits per heavy atom. The smallest absolute Gasteiger partial charge is 0.170 e. The Balaban J connectivity index is 1.32. The minimum atomic E-state index is -0.207. The Morgan fingerprint density at radius 1 is 1.11 bits per heavy atom. The van der Waals surface area contributed by atoms with E-state index in [2.05, 4.69) is 34.4 Å². The number of nitrogen functional groups attached to an aromatic ring is 2. The number of nitrogens with zero attached hydrogens (tertiary/aromatic N) is 2. The molecule has 6 rings (SSSR count). The van der Waals surface area contributed by atoms with E-state index in [0.717, 1.165) is 42.6 Å². The predicted octanol–water partition coefficient (Wildman–Crippen LogP) is 5.25. The summed E-state index contributed by atoms with van der Waals surface area (Å²) in [5, 5.41) is 15.6. The van der Waals surface area contributed by atoms with Crippen LogP contribution in [0.15, 0.2) is 78.0 Å². The standard InChI is InChI=1S/C30H31N5O2/c31-28-11-13-35(34-28)12-10-24-22-9-8-18(15-26-23-6-1-2-7-27(23)33-30(26)32)14-20(22)17-25(29(24)37)19-4-3-5-21(36)16-19/h1-7,11,13,16-18,24,33,36H,8-10,12,14-15,32H2,(H2,31,34)/t18-,24?/m0/s1. The summed E-state index contributed by atoms with van der Waals surface area (Å²) in [5.74, 6) is 1.72. The monoisotopic (exact) mass is 493 g/mol. The van der Waals surface area contributed by atoms with Gasteiger partial charge in [-0.3, -0.25) is 9.48 Å². The van der Waals surface area contributed by atoms with E-state index >= 15 is 0 Å². The SMILES string of the molecule is Nc1ccn(CCC2C(=O)C(c3cccc(O)c3)=CC3=C2CC[C@H](Cc2c(N)[nH]c4ccccc24)C3)n1. The number of nitrogens with two attached hydrogens (primary N) is 2. The zero-order valence-corrected chi connectivity index (χ0v) is 20.7. The number of carbonyl (C=O) groups excluding carboxylic acids is 1. The third-order valence-corrected chi connectivity index (χ3v) is 7.87. The lowest BCUT2D eigenvalue weighted by Crippen LogP contribution is -2.28. The molecule has 37 heavy (non-hydrogen) atoms. The molecule has 2 aliphatic carbocycles. The molecular weight excluding hydrogens is 462 g/mol. The van der Waals surface area contributed by atoms with Crippen LogP contribution >= 0.6 is 0 Å². The number of aromatic amines is 1. The molecule has 0 bridgehead atoms. The molecule has 0 fully saturated rings. The van der Waals surface area contributed by atoms with Crippen LogP contribution in [0.3, 0.4) is 0 Å². The van der Waals surface area contributed by atoms with Crippen LogP contribution in [-0.2, 0) is 17.8 Å². The van der Waals surface area contributed by atoms with Gasteiger partial charge >= 0.3 is 0 Å². The lowest BCUT2D eigenvalue weighted by atomic mass is 9.70. The molecule has 6 N–H and O–H groups in total. The number of ketones is 1. The zero-order valence-electron chi connectivity index (χ0n) is 20.7. The average molecular weight is 494 g/mol.